The van der Waals surface area contributed by atoms with E-state index in [1.54, 1.807) is 6.07 Å². The van der Waals surface area contributed by atoms with E-state index in [1.807, 2.05) is 12.1 Å². The molecule has 1 aliphatic heterocycles. The fourth-order valence-electron chi connectivity index (χ4n) is 2.99. The first kappa shape index (κ1) is 18.2. The number of aromatic nitrogens is 2. The predicted molar refractivity (Wildman–Crippen MR) is 106 cm³/mol. The molecule has 6 heteroatoms. The van der Waals surface area contributed by atoms with Gasteiger partial charge in [0.15, 0.2) is 0 Å². The van der Waals surface area contributed by atoms with Crippen molar-refractivity contribution in [1.29, 1.82) is 0 Å². The van der Waals surface area contributed by atoms with Gasteiger partial charge in [-0.2, -0.15) is 0 Å². The van der Waals surface area contributed by atoms with E-state index < -0.39 is 0 Å². The van der Waals surface area contributed by atoms with Crippen LogP contribution in [0.1, 0.15) is 43.6 Å². The van der Waals surface area contributed by atoms with Crippen LogP contribution in [0.25, 0.3) is 0 Å². The normalized spacial score (nSPS) is 13.9. The maximum atomic E-state index is 12.4. The molecule has 1 aromatic heterocycles. The first-order valence-corrected chi connectivity index (χ1v) is 9.34. The van der Waals surface area contributed by atoms with Crippen molar-refractivity contribution in [2.75, 3.05) is 35.2 Å². The lowest BCUT2D eigenvalue weighted by atomic mass is 10.1. The number of hydrogen-bond donors (Lipinski definition) is 2. The highest BCUT2D eigenvalue weighted by Crippen LogP contribution is 2.22. The number of hydrogen-bond acceptors (Lipinski definition) is 5. The molecule has 1 fully saturated rings. The summed E-state index contributed by atoms with van der Waals surface area (Å²) in [5, 5.41) is 6.14. The highest BCUT2D eigenvalue weighted by molar-refractivity contribution is 6.03. The summed E-state index contributed by atoms with van der Waals surface area (Å²) in [5.74, 6) is 1.07. The summed E-state index contributed by atoms with van der Waals surface area (Å²) in [6.07, 6.45) is 4.97. The monoisotopic (exact) mass is 353 g/mol. The molecule has 1 saturated heterocycles. The summed E-state index contributed by atoms with van der Waals surface area (Å²) in [4.78, 5) is 23.1. The van der Waals surface area contributed by atoms with Crippen molar-refractivity contribution in [2.24, 2.45) is 5.92 Å². The van der Waals surface area contributed by atoms with Gasteiger partial charge in [-0.1, -0.05) is 13.8 Å². The van der Waals surface area contributed by atoms with Gasteiger partial charge < -0.3 is 15.5 Å². The van der Waals surface area contributed by atoms with Gasteiger partial charge in [0.1, 0.15) is 17.8 Å². The Hall–Kier alpha value is -2.63. The standard InChI is InChI=1S/C20H27N5O/c1-15(2)9-10-21-19-13-18(22-14-23-19)20(26)24-16-5-7-17(8-6-16)25-11-3-4-12-25/h5-8,13-15H,3-4,9-12H2,1-2H3,(H,24,26)(H,21,22,23). The fraction of sp³-hybridized carbons (Fsp3) is 0.450. The molecule has 0 bridgehead atoms. The van der Waals surface area contributed by atoms with E-state index >= 15 is 0 Å². The molecule has 2 N–H and O–H groups in total. The zero-order chi connectivity index (χ0) is 18.4. The van der Waals surface area contributed by atoms with Crippen LogP contribution in [-0.2, 0) is 0 Å². The Bertz CT molecular complexity index is 723. The number of carbonyl (C=O) groups excluding carboxylic acids is 1. The molecule has 0 spiro atoms. The first-order valence-electron chi connectivity index (χ1n) is 9.34. The third kappa shape index (κ3) is 4.94. The second kappa shape index (κ2) is 8.65. The van der Waals surface area contributed by atoms with Crippen LogP contribution in [0.4, 0.5) is 17.2 Å². The minimum absolute atomic E-state index is 0.228. The van der Waals surface area contributed by atoms with Gasteiger partial charge in [0.25, 0.3) is 5.91 Å². The maximum absolute atomic E-state index is 12.4. The Morgan fingerprint density at radius 3 is 2.58 bits per heavy atom. The summed E-state index contributed by atoms with van der Waals surface area (Å²) in [7, 11) is 0. The minimum Gasteiger partial charge on any atom is -0.372 e. The Labute approximate surface area is 155 Å². The van der Waals surface area contributed by atoms with Crippen molar-refractivity contribution in [3.63, 3.8) is 0 Å². The molecule has 2 heterocycles. The van der Waals surface area contributed by atoms with Gasteiger partial charge in [-0.05, 0) is 49.4 Å². The van der Waals surface area contributed by atoms with Crippen molar-refractivity contribution in [2.45, 2.75) is 33.1 Å². The summed E-state index contributed by atoms with van der Waals surface area (Å²) < 4.78 is 0. The molecular formula is C20H27N5O. The summed E-state index contributed by atoms with van der Waals surface area (Å²) in [5.41, 5.74) is 2.33. The van der Waals surface area contributed by atoms with E-state index in [0.717, 1.165) is 31.7 Å². The maximum Gasteiger partial charge on any atom is 0.274 e. The predicted octanol–water partition coefficient (Wildman–Crippen LogP) is 3.79. The molecule has 0 atom stereocenters. The van der Waals surface area contributed by atoms with E-state index in [4.69, 9.17) is 0 Å². The molecule has 0 saturated carbocycles. The Morgan fingerprint density at radius 1 is 1.15 bits per heavy atom. The number of nitrogens with one attached hydrogen (secondary N) is 2. The molecule has 3 rings (SSSR count). The van der Waals surface area contributed by atoms with Gasteiger partial charge in [0, 0.05) is 37.1 Å². The zero-order valence-electron chi connectivity index (χ0n) is 15.5. The van der Waals surface area contributed by atoms with E-state index in [-0.39, 0.29) is 5.91 Å². The molecule has 1 aliphatic rings. The largest absolute Gasteiger partial charge is 0.372 e. The minimum atomic E-state index is -0.228. The zero-order valence-corrected chi connectivity index (χ0v) is 15.5. The average Bonchev–Trinajstić information content (AvgIpc) is 3.17. The molecule has 138 valence electrons. The summed E-state index contributed by atoms with van der Waals surface area (Å²) in [6.45, 7) is 7.40. The molecule has 6 nitrogen and oxygen atoms in total. The third-order valence-electron chi connectivity index (χ3n) is 4.52. The number of anilines is 3. The van der Waals surface area contributed by atoms with Gasteiger partial charge in [-0.15, -0.1) is 0 Å². The molecular weight excluding hydrogens is 326 g/mol. The highest BCUT2D eigenvalue weighted by atomic mass is 16.1. The Kier molecular flexibility index (Phi) is 6.04. The molecule has 1 amide bonds. The topological polar surface area (TPSA) is 70.2 Å². The van der Waals surface area contributed by atoms with E-state index in [0.29, 0.717) is 17.4 Å². The van der Waals surface area contributed by atoms with Gasteiger partial charge in [0.05, 0.1) is 0 Å². The van der Waals surface area contributed by atoms with E-state index in [2.05, 4.69) is 51.5 Å². The van der Waals surface area contributed by atoms with Gasteiger partial charge in [-0.25, -0.2) is 9.97 Å². The molecule has 26 heavy (non-hydrogen) atoms. The van der Waals surface area contributed by atoms with Crippen LogP contribution >= 0.6 is 0 Å². The van der Waals surface area contributed by atoms with E-state index in [1.165, 1.54) is 24.9 Å². The molecule has 0 aliphatic carbocycles. The summed E-state index contributed by atoms with van der Waals surface area (Å²) in [6, 6.07) is 9.68. The number of benzene rings is 1. The SMILES string of the molecule is CC(C)CCNc1cc(C(=O)Nc2ccc(N3CCCC3)cc2)ncn1. The van der Waals surface area contributed by atoms with Crippen LogP contribution < -0.4 is 15.5 Å². The highest BCUT2D eigenvalue weighted by Gasteiger charge is 2.13. The van der Waals surface area contributed by atoms with Crippen molar-refractivity contribution in [3.8, 4) is 0 Å². The fourth-order valence-corrected chi connectivity index (χ4v) is 2.99. The summed E-state index contributed by atoms with van der Waals surface area (Å²) >= 11 is 0. The van der Waals surface area contributed by atoms with Gasteiger partial charge >= 0.3 is 0 Å². The van der Waals surface area contributed by atoms with Crippen LogP contribution in [0.3, 0.4) is 0 Å². The van der Waals surface area contributed by atoms with Crippen molar-refractivity contribution in [3.05, 3.63) is 42.4 Å². The lowest BCUT2D eigenvalue weighted by Gasteiger charge is -2.17. The van der Waals surface area contributed by atoms with Gasteiger partial charge in [-0.3, -0.25) is 4.79 Å². The smallest absolute Gasteiger partial charge is 0.274 e. The second-order valence-electron chi connectivity index (χ2n) is 7.09. The van der Waals surface area contributed by atoms with Crippen LogP contribution in [-0.4, -0.2) is 35.5 Å². The Morgan fingerprint density at radius 2 is 1.88 bits per heavy atom. The van der Waals surface area contributed by atoms with Crippen molar-refractivity contribution < 1.29 is 4.79 Å². The van der Waals surface area contributed by atoms with Crippen molar-refractivity contribution >= 4 is 23.1 Å². The molecule has 1 aromatic carbocycles. The number of carbonyl (C=O) groups is 1. The van der Waals surface area contributed by atoms with E-state index in [9.17, 15) is 4.79 Å². The second-order valence-corrected chi connectivity index (χ2v) is 7.09. The lowest BCUT2D eigenvalue weighted by Crippen LogP contribution is -2.18. The van der Waals surface area contributed by atoms with Crippen LogP contribution in [0.15, 0.2) is 36.7 Å². The molecule has 0 unspecified atom stereocenters. The number of amides is 1. The number of rotatable bonds is 7. The van der Waals surface area contributed by atoms with Crippen LogP contribution in [0.2, 0.25) is 0 Å². The van der Waals surface area contributed by atoms with Crippen LogP contribution in [0, 0.1) is 5.92 Å². The first-order chi connectivity index (χ1) is 12.6. The Balaban J connectivity index is 1.58. The average molecular weight is 353 g/mol. The lowest BCUT2D eigenvalue weighted by molar-refractivity contribution is 0.102. The molecule has 0 radical (unpaired) electrons. The van der Waals surface area contributed by atoms with Crippen LogP contribution in [0.5, 0.6) is 0 Å². The van der Waals surface area contributed by atoms with Crippen molar-refractivity contribution in [1.82, 2.24) is 9.97 Å². The molecule has 2 aromatic rings. The third-order valence-corrected chi connectivity index (χ3v) is 4.52. The quantitative estimate of drug-likeness (QED) is 0.792. The van der Waals surface area contributed by atoms with Gasteiger partial charge in [0.2, 0.25) is 0 Å². The number of nitrogens with zero attached hydrogens (tertiary/aromatic N) is 3.